The smallest absolute Gasteiger partial charge is 0.115 e. The number of halogens is 2. The van der Waals surface area contributed by atoms with Crippen LogP contribution in [0.15, 0.2) is 42.5 Å². The Morgan fingerprint density at radius 3 is 2.68 bits per heavy atom. The van der Waals surface area contributed by atoms with Crippen molar-refractivity contribution in [1.29, 1.82) is 0 Å². The average Bonchev–Trinajstić information content (AvgIpc) is 2.39. The highest BCUT2D eigenvalue weighted by molar-refractivity contribution is 6.33. The molecular weight excluding hydrogens is 281 g/mol. The lowest BCUT2D eigenvalue weighted by molar-refractivity contribution is 0.472. The van der Waals surface area contributed by atoms with Crippen molar-refractivity contribution in [2.24, 2.45) is 0 Å². The fraction of sp³-hybridized carbons (Fsp3) is 0.200. The molecule has 0 aliphatic heterocycles. The van der Waals surface area contributed by atoms with E-state index < -0.39 is 0 Å². The van der Waals surface area contributed by atoms with Gasteiger partial charge in [-0.1, -0.05) is 35.3 Å². The molecule has 19 heavy (non-hydrogen) atoms. The van der Waals surface area contributed by atoms with Crippen LogP contribution in [0.2, 0.25) is 10.0 Å². The summed E-state index contributed by atoms with van der Waals surface area (Å²) in [5.74, 6) is 0.270. The van der Waals surface area contributed by atoms with E-state index in [-0.39, 0.29) is 11.8 Å². The van der Waals surface area contributed by atoms with Crippen molar-refractivity contribution in [3.8, 4) is 5.75 Å². The summed E-state index contributed by atoms with van der Waals surface area (Å²) in [5.41, 5.74) is 1.99. The van der Waals surface area contributed by atoms with Crippen molar-refractivity contribution in [3.05, 3.63) is 63.6 Å². The fourth-order valence-electron chi connectivity index (χ4n) is 1.85. The Hall–Kier alpha value is -1.22. The van der Waals surface area contributed by atoms with Crippen LogP contribution in [0.4, 0.5) is 0 Å². The van der Waals surface area contributed by atoms with E-state index in [1.807, 2.05) is 25.1 Å². The van der Waals surface area contributed by atoms with Crippen molar-refractivity contribution in [2.45, 2.75) is 19.5 Å². The molecule has 0 saturated carbocycles. The summed E-state index contributed by atoms with van der Waals surface area (Å²) in [6, 6.07) is 12.7. The molecule has 0 aromatic heterocycles. The Labute approximate surface area is 123 Å². The quantitative estimate of drug-likeness (QED) is 0.867. The molecule has 1 unspecified atom stereocenters. The van der Waals surface area contributed by atoms with E-state index in [4.69, 9.17) is 23.2 Å². The predicted molar refractivity (Wildman–Crippen MR) is 79.8 cm³/mol. The van der Waals surface area contributed by atoms with Gasteiger partial charge >= 0.3 is 0 Å². The number of benzene rings is 2. The summed E-state index contributed by atoms with van der Waals surface area (Å²) in [6.45, 7) is 2.66. The molecule has 2 aromatic rings. The summed E-state index contributed by atoms with van der Waals surface area (Å²) >= 11 is 12.1. The summed E-state index contributed by atoms with van der Waals surface area (Å²) in [5, 5.41) is 14.2. The number of phenolic OH excluding ortho intramolecular Hbond substituents is 1. The van der Waals surface area contributed by atoms with Gasteiger partial charge in [0.1, 0.15) is 5.75 Å². The lowest BCUT2D eigenvalue weighted by Crippen LogP contribution is -2.18. The lowest BCUT2D eigenvalue weighted by Gasteiger charge is -2.15. The zero-order chi connectivity index (χ0) is 13.8. The lowest BCUT2D eigenvalue weighted by atomic mass is 10.1. The average molecular weight is 296 g/mol. The first-order valence-corrected chi connectivity index (χ1v) is 6.78. The molecule has 0 aliphatic carbocycles. The Kier molecular flexibility index (Phi) is 4.70. The summed E-state index contributed by atoms with van der Waals surface area (Å²) < 4.78 is 0. The molecule has 4 heteroatoms. The molecule has 0 radical (unpaired) electrons. The second kappa shape index (κ2) is 6.29. The number of nitrogens with one attached hydrogen (secondary N) is 1. The molecule has 0 heterocycles. The van der Waals surface area contributed by atoms with E-state index in [1.54, 1.807) is 24.3 Å². The van der Waals surface area contributed by atoms with Crippen molar-refractivity contribution in [3.63, 3.8) is 0 Å². The Balaban J connectivity index is 2.04. The van der Waals surface area contributed by atoms with Crippen LogP contribution in [0.3, 0.4) is 0 Å². The maximum absolute atomic E-state index is 9.46. The van der Waals surface area contributed by atoms with Gasteiger partial charge in [0.15, 0.2) is 0 Å². The highest BCUT2D eigenvalue weighted by Crippen LogP contribution is 2.22. The second-order valence-corrected chi connectivity index (χ2v) is 5.28. The second-order valence-electron chi connectivity index (χ2n) is 4.43. The van der Waals surface area contributed by atoms with E-state index in [2.05, 4.69) is 5.32 Å². The minimum absolute atomic E-state index is 0.113. The largest absolute Gasteiger partial charge is 0.508 e. The zero-order valence-corrected chi connectivity index (χ0v) is 12.0. The third-order valence-corrected chi connectivity index (χ3v) is 3.58. The van der Waals surface area contributed by atoms with Gasteiger partial charge in [-0.2, -0.15) is 0 Å². The van der Waals surface area contributed by atoms with Crippen LogP contribution in [-0.4, -0.2) is 5.11 Å². The van der Waals surface area contributed by atoms with Crippen LogP contribution in [-0.2, 0) is 6.54 Å². The first kappa shape index (κ1) is 14.2. The standard InChI is InChI=1S/C15H15Cl2NO/c1-10(11-3-2-4-14(19)8-11)18-9-12-7-13(16)5-6-15(12)17/h2-8,10,18-19H,9H2,1H3. The highest BCUT2D eigenvalue weighted by atomic mass is 35.5. The molecule has 0 fully saturated rings. The van der Waals surface area contributed by atoms with E-state index in [0.717, 1.165) is 11.1 Å². The van der Waals surface area contributed by atoms with Gasteiger partial charge in [-0.05, 0) is 48.4 Å². The van der Waals surface area contributed by atoms with Gasteiger partial charge in [0.05, 0.1) is 0 Å². The maximum atomic E-state index is 9.46. The number of hydrogen-bond acceptors (Lipinski definition) is 2. The van der Waals surface area contributed by atoms with Crippen molar-refractivity contribution in [1.82, 2.24) is 5.32 Å². The number of rotatable bonds is 4. The SMILES string of the molecule is CC(NCc1cc(Cl)ccc1Cl)c1cccc(O)c1. The Morgan fingerprint density at radius 1 is 1.16 bits per heavy atom. The maximum Gasteiger partial charge on any atom is 0.115 e. The molecule has 2 rings (SSSR count). The van der Waals surface area contributed by atoms with Gasteiger partial charge in [-0.15, -0.1) is 0 Å². The Morgan fingerprint density at radius 2 is 1.95 bits per heavy atom. The molecule has 0 aliphatic rings. The van der Waals surface area contributed by atoms with Crippen LogP contribution < -0.4 is 5.32 Å². The summed E-state index contributed by atoms with van der Waals surface area (Å²) in [7, 11) is 0. The van der Waals surface area contributed by atoms with Gasteiger partial charge in [0, 0.05) is 22.6 Å². The minimum atomic E-state index is 0.113. The third kappa shape index (κ3) is 3.87. The molecule has 0 bridgehead atoms. The van der Waals surface area contributed by atoms with Gasteiger partial charge < -0.3 is 10.4 Å². The van der Waals surface area contributed by atoms with E-state index in [9.17, 15) is 5.11 Å². The molecule has 2 aromatic carbocycles. The molecule has 1 atom stereocenters. The van der Waals surface area contributed by atoms with E-state index >= 15 is 0 Å². The minimum Gasteiger partial charge on any atom is -0.508 e. The van der Waals surface area contributed by atoms with E-state index in [0.29, 0.717) is 16.6 Å². The fourth-order valence-corrected chi connectivity index (χ4v) is 2.23. The molecule has 2 nitrogen and oxygen atoms in total. The molecule has 0 saturated heterocycles. The molecule has 100 valence electrons. The number of hydrogen-bond donors (Lipinski definition) is 2. The molecular formula is C15H15Cl2NO. The van der Waals surface area contributed by atoms with Crippen LogP contribution in [0.25, 0.3) is 0 Å². The first-order chi connectivity index (χ1) is 9.06. The summed E-state index contributed by atoms with van der Waals surface area (Å²) in [4.78, 5) is 0. The van der Waals surface area contributed by atoms with Gasteiger partial charge in [-0.25, -0.2) is 0 Å². The summed E-state index contributed by atoms with van der Waals surface area (Å²) in [6.07, 6.45) is 0. The van der Waals surface area contributed by atoms with Crippen LogP contribution >= 0.6 is 23.2 Å². The topological polar surface area (TPSA) is 32.3 Å². The Bertz CT molecular complexity index is 572. The van der Waals surface area contributed by atoms with E-state index in [1.165, 1.54) is 0 Å². The molecule has 0 spiro atoms. The monoisotopic (exact) mass is 295 g/mol. The van der Waals surface area contributed by atoms with Crippen molar-refractivity contribution < 1.29 is 5.11 Å². The first-order valence-electron chi connectivity index (χ1n) is 6.02. The van der Waals surface area contributed by atoms with Gasteiger partial charge in [0.25, 0.3) is 0 Å². The highest BCUT2D eigenvalue weighted by Gasteiger charge is 2.07. The zero-order valence-electron chi connectivity index (χ0n) is 10.5. The van der Waals surface area contributed by atoms with Crippen LogP contribution in [0, 0.1) is 0 Å². The normalized spacial score (nSPS) is 12.4. The van der Waals surface area contributed by atoms with Gasteiger partial charge in [0.2, 0.25) is 0 Å². The third-order valence-electron chi connectivity index (χ3n) is 2.98. The van der Waals surface area contributed by atoms with Crippen molar-refractivity contribution in [2.75, 3.05) is 0 Å². The molecule has 0 amide bonds. The van der Waals surface area contributed by atoms with Crippen molar-refractivity contribution >= 4 is 23.2 Å². The van der Waals surface area contributed by atoms with Crippen LogP contribution in [0.1, 0.15) is 24.1 Å². The number of aromatic hydroxyl groups is 1. The predicted octanol–water partition coefficient (Wildman–Crippen LogP) is 4.55. The van der Waals surface area contributed by atoms with Gasteiger partial charge in [-0.3, -0.25) is 0 Å². The van der Waals surface area contributed by atoms with Crippen LogP contribution in [0.5, 0.6) is 5.75 Å². The molecule has 2 N–H and O–H groups in total. The number of phenols is 1.